The summed E-state index contributed by atoms with van der Waals surface area (Å²) in [5, 5.41) is 8.38. The van der Waals surface area contributed by atoms with Crippen molar-refractivity contribution < 1.29 is 9.84 Å². The fourth-order valence-corrected chi connectivity index (χ4v) is 0.719. The zero-order chi connectivity index (χ0) is 8.53. The summed E-state index contributed by atoms with van der Waals surface area (Å²) in [5.74, 6) is 0. The second-order valence-electron chi connectivity index (χ2n) is 2.43. The third-order valence-corrected chi connectivity index (χ3v) is 1.36. The molecule has 0 bridgehead atoms. The zero-order valence-corrected chi connectivity index (χ0v) is 7.12. The van der Waals surface area contributed by atoms with Crippen molar-refractivity contribution in [2.24, 2.45) is 5.73 Å². The number of hydrogen-bond donors (Lipinski definition) is 2. The summed E-state index contributed by atoms with van der Waals surface area (Å²) in [7, 11) is 2.00. The van der Waals surface area contributed by atoms with Gasteiger partial charge in [0.1, 0.15) is 0 Å². The first kappa shape index (κ1) is 10.8. The largest absolute Gasteiger partial charge is 0.394 e. The highest BCUT2D eigenvalue weighted by Crippen LogP contribution is 1.81. The van der Waals surface area contributed by atoms with Crippen LogP contribution in [0.1, 0.15) is 0 Å². The lowest BCUT2D eigenvalue weighted by molar-refractivity contribution is 0.0789. The van der Waals surface area contributed by atoms with E-state index in [0.717, 1.165) is 13.1 Å². The predicted molar refractivity (Wildman–Crippen MR) is 44.5 cm³/mol. The normalized spacial score (nSPS) is 10.9. The molecule has 68 valence electrons. The Bertz CT molecular complexity index is 80.8. The van der Waals surface area contributed by atoms with E-state index in [1.807, 2.05) is 7.05 Å². The summed E-state index contributed by atoms with van der Waals surface area (Å²) in [5.41, 5.74) is 5.34. The molecule has 4 heteroatoms. The maximum Gasteiger partial charge on any atom is 0.0698 e. The lowest BCUT2D eigenvalue weighted by Crippen LogP contribution is -2.28. The molecule has 0 radical (unpaired) electrons. The molecule has 0 aliphatic carbocycles. The number of likely N-dealkylation sites (N-methyl/N-ethyl adjacent to an activating group) is 1. The van der Waals surface area contributed by atoms with Crippen LogP contribution in [-0.4, -0.2) is 56.5 Å². The van der Waals surface area contributed by atoms with Gasteiger partial charge in [0, 0.05) is 19.6 Å². The fourth-order valence-electron chi connectivity index (χ4n) is 0.719. The maximum atomic E-state index is 8.38. The van der Waals surface area contributed by atoms with Gasteiger partial charge in [-0.2, -0.15) is 0 Å². The highest BCUT2D eigenvalue weighted by Gasteiger charge is 1.94. The van der Waals surface area contributed by atoms with Gasteiger partial charge in [0.05, 0.1) is 19.8 Å². The number of nitrogens with zero attached hydrogens (tertiary/aromatic N) is 1. The minimum absolute atomic E-state index is 0.0978. The first-order valence-corrected chi connectivity index (χ1v) is 3.88. The van der Waals surface area contributed by atoms with E-state index in [0.29, 0.717) is 19.8 Å². The van der Waals surface area contributed by atoms with Gasteiger partial charge in [-0.1, -0.05) is 0 Å². The smallest absolute Gasteiger partial charge is 0.0698 e. The van der Waals surface area contributed by atoms with E-state index in [9.17, 15) is 0 Å². The molecule has 0 fully saturated rings. The van der Waals surface area contributed by atoms with Crippen molar-refractivity contribution in [3.8, 4) is 0 Å². The van der Waals surface area contributed by atoms with E-state index in [4.69, 9.17) is 15.6 Å². The van der Waals surface area contributed by atoms with Gasteiger partial charge in [0.2, 0.25) is 0 Å². The number of ether oxygens (including phenoxy) is 1. The zero-order valence-electron chi connectivity index (χ0n) is 7.12. The van der Waals surface area contributed by atoms with Crippen LogP contribution in [0.4, 0.5) is 0 Å². The van der Waals surface area contributed by atoms with Crippen molar-refractivity contribution in [3.05, 3.63) is 0 Å². The number of hydrogen-bond acceptors (Lipinski definition) is 4. The topological polar surface area (TPSA) is 58.7 Å². The summed E-state index contributed by atoms with van der Waals surface area (Å²) in [6.07, 6.45) is 0. The molecule has 3 N–H and O–H groups in total. The lowest BCUT2D eigenvalue weighted by Gasteiger charge is -2.14. The van der Waals surface area contributed by atoms with Crippen LogP contribution in [0.15, 0.2) is 0 Å². The molecule has 0 amide bonds. The quantitative estimate of drug-likeness (QED) is 0.466. The molecule has 0 aliphatic heterocycles. The first-order chi connectivity index (χ1) is 5.31. The summed E-state index contributed by atoms with van der Waals surface area (Å²) in [4.78, 5) is 2.09. The van der Waals surface area contributed by atoms with E-state index >= 15 is 0 Å². The van der Waals surface area contributed by atoms with Gasteiger partial charge in [-0.3, -0.25) is 0 Å². The molecule has 0 saturated carbocycles. The molecule has 0 aromatic carbocycles. The van der Waals surface area contributed by atoms with Crippen molar-refractivity contribution in [2.45, 2.75) is 0 Å². The number of aliphatic hydroxyl groups is 1. The van der Waals surface area contributed by atoms with Gasteiger partial charge in [-0.05, 0) is 7.05 Å². The van der Waals surface area contributed by atoms with Crippen LogP contribution in [0.3, 0.4) is 0 Å². The minimum atomic E-state index is 0.0978. The predicted octanol–water partition coefficient (Wildman–Crippen LogP) is -1.11. The highest BCUT2D eigenvalue weighted by atomic mass is 16.5. The van der Waals surface area contributed by atoms with Gasteiger partial charge in [0.25, 0.3) is 0 Å². The van der Waals surface area contributed by atoms with Gasteiger partial charge < -0.3 is 20.5 Å². The van der Waals surface area contributed by atoms with Crippen molar-refractivity contribution in [1.82, 2.24) is 4.90 Å². The molecule has 0 aromatic heterocycles. The Morgan fingerprint density at radius 1 is 1.36 bits per heavy atom. The van der Waals surface area contributed by atoms with E-state index in [-0.39, 0.29) is 6.61 Å². The van der Waals surface area contributed by atoms with Crippen LogP contribution >= 0.6 is 0 Å². The van der Waals surface area contributed by atoms with Crippen molar-refractivity contribution in [2.75, 3.05) is 46.5 Å². The van der Waals surface area contributed by atoms with E-state index in [2.05, 4.69) is 4.90 Å². The maximum absolute atomic E-state index is 8.38. The summed E-state index contributed by atoms with van der Waals surface area (Å²) >= 11 is 0. The molecule has 0 unspecified atom stereocenters. The van der Waals surface area contributed by atoms with E-state index in [1.165, 1.54) is 0 Å². The fraction of sp³-hybridized carbons (Fsp3) is 1.00. The van der Waals surface area contributed by atoms with E-state index in [1.54, 1.807) is 0 Å². The minimum Gasteiger partial charge on any atom is -0.394 e. The number of nitrogens with two attached hydrogens (primary N) is 1. The van der Waals surface area contributed by atoms with Crippen LogP contribution < -0.4 is 5.73 Å². The number of rotatable bonds is 7. The molecule has 0 aliphatic rings. The highest BCUT2D eigenvalue weighted by molar-refractivity contribution is 4.49. The molecule has 0 aromatic rings. The summed E-state index contributed by atoms with van der Waals surface area (Å²) in [6.45, 7) is 3.63. The van der Waals surface area contributed by atoms with Crippen LogP contribution in [0.2, 0.25) is 0 Å². The molecule has 0 rings (SSSR count). The second-order valence-corrected chi connectivity index (χ2v) is 2.43. The Morgan fingerprint density at radius 2 is 2.09 bits per heavy atom. The van der Waals surface area contributed by atoms with E-state index < -0.39 is 0 Å². The van der Waals surface area contributed by atoms with Crippen LogP contribution in [0.5, 0.6) is 0 Å². The average molecular weight is 162 g/mol. The van der Waals surface area contributed by atoms with Gasteiger partial charge in [0.15, 0.2) is 0 Å². The third-order valence-electron chi connectivity index (χ3n) is 1.36. The molecule has 0 atom stereocenters. The van der Waals surface area contributed by atoms with Crippen LogP contribution in [0.25, 0.3) is 0 Å². The van der Waals surface area contributed by atoms with Crippen LogP contribution in [0, 0.1) is 0 Å². The van der Waals surface area contributed by atoms with Gasteiger partial charge in [-0.15, -0.1) is 0 Å². The number of aliphatic hydroxyl groups excluding tert-OH is 1. The SMILES string of the molecule is CN(CCN)CCOCCO. The lowest BCUT2D eigenvalue weighted by atomic mass is 10.5. The average Bonchev–Trinajstić information content (AvgIpc) is 1.99. The molecule has 4 nitrogen and oxygen atoms in total. The molecule has 11 heavy (non-hydrogen) atoms. The monoisotopic (exact) mass is 162 g/mol. The van der Waals surface area contributed by atoms with Crippen LogP contribution in [-0.2, 0) is 4.74 Å². The van der Waals surface area contributed by atoms with Gasteiger partial charge in [-0.25, -0.2) is 0 Å². The molecule has 0 heterocycles. The van der Waals surface area contributed by atoms with Crippen molar-refractivity contribution >= 4 is 0 Å². The standard InChI is InChI=1S/C7H18N2O2/c1-9(3-2-8)4-6-11-7-5-10/h10H,2-8H2,1H3. The Hall–Kier alpha value is -0.160. The Kier molecular flexibility index (Phi) is 7.83. The molecular formula is C7H18N2O2. The Morgan fingerprint density at radius 3 is 2.64 bits per heavy atom. The van der Waals surface area contributed by atoms with Gasteiger partial charge >= 0.3 is 0 Å². The second kappa shape index (κ2) is 7.94. The molecule has 0 spiro atoms. The Balaban J connectivity index is 2.97. The van der Waals surface area contributed by atoms with Crippen molar-refractivity contribution in [3.63, 3.8) is 0 Å². The molecule has 0 saturated heterocycles. The third kappa shape index (κ3) is 7.74. The summed E-state index contributed by atoms with van der Waals surface area (Å²) in [6, 6.07) is 0. The Labute approximate surface area is 67.9 Å². The van der Waals surface area contributed by atoms with Crippen molar-refractivity contribution in [1.29, 1.82) is 0 Å². The molecular weight excluding hydrogens is 144 g/mol. The summed E-state index contributed by atoms with van der Waals surface area (Å²) < 4.78 is 5.07. The first-order valence-electron chi connectivity index (χ1n) is 3.88.